The van der Waals surface area contributed by atoms with Gasteiger partial charge in [-0.15, -0.1) is 0 Å². The van der Waals surface area contributed by atoms with Crippen LogP contribution in [0.25, 0.3) is 0 Å². The number of aryl methyl sites for hydroxylation is 1. The van der Waals surface area contributed by atoms with Crippen LogP contribution in [-0.2, 0) is 11.3 Å². The highest BCUT2D eigenvalue weighted by Gasteiger charge is 2.11. The van der Waals surface area contributed by atoms with Crippen LogP contribution < -0.4 is 10.2 Å². The van der Waals surface area contributed by atoms with E-state index < -0.39 is 0 Å². The Kier molecular flexibility index (Phi) is 5.06. The number of rotatable bonds is 5. The Morgan fingerprint density at radius 3 is 2.57 bits per heavy atom. The fraction of sp³-hybridized carbons (Fsp3) is 0.235. The molecule has 0 aromatic heterocycles. The highest BCUT2D eigenvalue weighted by atomic mass is 19.1. The van der Waals surface area contributed by atoms with Crippen molar-refractivity contribution in [2.75, 3.05) is 18.9 Å². The quantitative estimate of drug-likeness (QED) is 0.863. The van der Waals surface area contributed by atoms with Gasteiger partial charge in [0.05, 0.1) is 7.05 Å². The van der Waals surface area contributed by atoms with Gasteiger partial charge in [0.1, 0.15) is 12.4 Å². The second-order valence-electron chi connectivity index (χ2n) is 5.35. The van der Waals surface area contributed by atoms with Crippen LogP contribution in [0, 0.1) is 12.7 Å². The lowest BCUT2D eigenvalue weighted by Crippen LogP contribution is -3.08. The Balaban J connectivity index is 1.86. The van der Waals surface area contributed by atoms with Gasteiger partial charge in [-0.05, 0) is 25.1 Å². The zero-order chi connectivity index (χ0) is 15.2. The van der Waals surface area contributed by atoms with Crippen LogP contribution in [0.1, 0.15) is 11.1 Å². The van der Waals surface area contributed by atoms with E-state index in [1.165, 1.54) is 23.3 Å². The first kappa shape index (κ1) is 15.2. The molecule has 1 atom stereocenters. The van der Waals surface area contributed by atoms with E-state index in [0.717, 1.165) is 11.4 Å². The Morgan fingerprint density at radius 1 is 1.19 bits per heavy atom. The molecule has 110 valence electrons. The van der Waals surface area contributed by atoms with Gasteiger partial charge in [-0.2, -0.15) is 0 Å². The smallest absolute Gasteiger partial charge is 0.279 e. The summed E-state index contributed by atoms with van der Waals surface area (Å²) >= 11 is 0. The number of carbonyl (C=O) groups excluding carboxylic acids is 1. The Labute approximate surface area is 124 Å². The van der Waals surface area contributed by atoms with Crippen LogP contribution in [0.15, 0.2) is 48.5 Å². The number of carbonyl (C=O) groups is 1. The molecule has 0 fully saturated rings. The molecule has 2 aromatic carbocycles. The van der Waals surface area contributed by atoms with Gasteiger partial charge in [0.15, 0.2) is 6.54 Å². The number of nitrogens with one attached hydrogen (secondary N) is 2. The minimum absolute atomic E-state index is 0.120. The van der Waals surface area contributed by atoms with E-state index in [-0.39, 0.29) is 11.7 Å². The Hall–Kier alpha value is -2.20. The van der Waals surface area contributed by atoms with E-state index >= 15 is 0 Å². The normalized spacial score (nSPS) is 12.0. The van der Waals surface area contributed by atoms with Gasteiger partial charge in [-0.1, -0.05) is 35.9 Å². The molecule has 0 heterocycles. The zero-order valence-electron chi connectivity index (χ0n) is 12.3. The van der Waals surface area contributed by atoms with Crippen molar-refractivity contribution in [1.29, 1.82) is 0 Å². The van der Waals surface area contributed by atoms with Gasteiger partial charge in [0.2, 0.25) is 0 Å². The van der Waals surface area contributed by atoms with Crippen LogP contribution in [0.3, 0.4) is 0 Å². The molecule has 0 aliphatic heterocycles. The molecule has 0 aliphatic carbocycles. The van der Waals surface area contributed by atoms with Crippen molar-refractivity contribution in [2.24, 2.45) is 0 Å². The first-order valence-electron chi connectivity index (χ1n) is 6.95. The van der Waals surface area contributed by atoms with Crippen molar-refractivity contribution in [3.63, 3.8) is 0 Å². The molecule has 2 N–H and O–H groups in total. The monoisotopic (exact) mass is 287 g/mol. The minimum Gasteiger partial charge on any atom is -0.326 e. The molecule has 0 bridgehead atoms. The summed E-state index contributed by atoms with van der Waals surface area (Å²) in [5.74, 6) is -0.474. The molecule has 2 aromatic rings. The number of halogens is 1. The molecular formula is C17H20FN2O+. The summed E-state index contributed by atoms with van der Waals surface area (Å²) in [4.78, 5) is 13.0. The van der Waals surface area contributed by atoms with Crippen molar-refractivity contribution < 1.29 is 14.1 Å². The fourth-order valence-electron chi connectivity index (χ4n) is 2.16. The SMILES string of the molecule is Cc1ccc(C[NH+](C)CC(=O)Nc2cccc(F)c2)cc1. The molecule has 0 spiro atoms. The van der Waals surface area contributed by atoms with Crippen LogP contribution in [0.2, 0.25) is 0 Å². The summed E-state index contributed by atoms with van der Waals surface area (Å²) in [6.45, 7) is 3.16. The van der Waals surface area contributed by atoms with Crippen LogP contribution in [0.4, 0.5) is 10.1 Å². The Morgan fingerprint density at radius 2 is 1.90 bits per heavy atom. The number of benzene rings is 2. The predicted octanol–water partition coefficient (Wildman–Crippen LogP) is 1.79. The van der Waals surface area contributed by atoms with Crippen LogP contribution >= 0.6 is 0 Å². The van der Waals surface area contributed by atoms with Crippen LogP contribution in [-0.4, -0.2) is 19.5 Å². The number of anilines is 1. The van der Waals surface area contributed by atoms with E-state index in [1.54, 1.807) is 12.1 Å². The summed E-state index contributed by atoms with van der Waals surface area (Å²) in [7, 11) is 1.96. The number of quaternary nitrogens is 1. The lowest BCUT2D eigenvalue weighted by molar-refractivity contribution is -0.885. The summed E-state index contributed by atoms with van der Waals surface area (Å²) in [6.07, 6.45) is 0. The fourth-order valence-corrected chi connectivity index (χ4v) is 2.16. The molecule has 4 heteroatoms. The summed E-state index contributed by atoms with van der Waals surface area (Å²) in [5, 5.41) is 2.71. The lowest BCUT2D eigenvalue weighted by Gasteiger charge is -2.14. The molecule has 0 saturated heterocycles. The molecule has 3 nitrogen and oxygen atoms in total. The van der Waals surface area contributed by atoms with E-state index in [9.17, 15) is 9.18 Å². The maximum Gasteiger partial charge on any atom is 0.279 e. The van der Waals surface area contributed by atoms with Gasteiger partial charge in [0, 0.05) is 11.3 Å². The zero-order valence-corrected chi connectivity index (χ0v) is 12.3. The summed E-state index contributed by atoms with van der Waals surface area (Å²) in [5.41, 5.74) is 2.90. The molecule has 0 saturated carbocycles. The maximum absolute atomic E-state index is 13.0. The van der Waals surface area contributed by atoms with Crippen molar-refractivity contribution in [3.8, 4) is 0 Å². The Bertz CT molecular complexity index is 610. The van der Waals surface area contributed by atoms with Crippen molar-refractivity contribution in [2.45, 2.75) is 13.5 Å². The first-order valence-corrected chi connectivity index (χ1v) is 6.95. The maximum atomic E-state index is 13.0. The first-order chi connectivity index (χ1) is 10.0. The van der Waals surface area contributed by atoms with Gasteiger partial charge < -0.3 is 10.2 Å². The highest BCUT2D eigenvalue weighted by molar-refractivity contribution is 5.91. The number of hydrogen-bond donors (Lipinski definition) is 2. The summed E-state index contributed by atoms with van der Waals surface area (Å²) in [6, 6.07) is 14.2. The predicted molar refractivity (Wildman–Crippen MR) is 81.7 cm³/mol. The van der Waals surface area contributed by atoms with E-state index in [2.05, 4.69) is 29.6 Å². The molecule has 2 rings (SSSR count). The second-order valence-corrected chi connectivity index (χ2v) is 5.35. The molecule has 0 radical (unpaired) electrons. The highest BCUT2D eigenvalue weighted by Crippen LogP contribution is 2.08. The van der Waals surface area contributed by atoms with E-state index in [0.29, 0.717) is 12.2 Å². The standard InChI is InChI=1S/C17H19FN2O/c1-13-6-8-14(9-7-13)11-20(2)12-17(21)19-16-5-3-4-15(18)10-16/h3-10H,11-12H2,1-2H3,(H,19,21)/p+1. The van der Waals surface area contributed by atoms with Crippen molar-refractivity contribution >= 4 is 11.6 Å². The molecule has 21 heavy (non-hydrogen) atoms. The third kappa shape index (κ3) is 5.00. The molecular weight excluding hydrogens is 267 g/mol. The third-order valence-electron chi connectivity index (χ3n) is 3.20. The summed E-state index contributed by atoms with van der Waals surface area (Å²) < 4.78 is 13.0. The van der Waals surface area contributed by atoms with E-state index in [1.807, 2.05) is 14.0 Å². The van der Waals surface area contributed by atoms with Crippen molar-refractivity contribution in [3.05, 3.63) is 65.5 Å². The lowest BCUT2D eigenvalue weighted by atomic mass is 10.1. The van der Waals surface area contributed by atoms with Gasteiger partial charge in [0.25, 0.3) is 5.91 Å². The van der Waals surface area contributed by atoms with E-state index in [4.69, 9.17) is 0 Å². The van der Waals surface area contributed by atoms with Gasteiger partial charge in [-0.25, -0.2) is 4.39 Å². The number of amides is 1. The molecule has 0 aliphatic rings. The minimum atomic E-state index is -0.354. The van der Waals surface area contributed by atoms with Gasteiger partial charge in [-0.3, -0.25) is 4.79 Å². The molecule has 1 unspecified atom stereocenters. The number of likely N-dealkylation sites (N-methyl/N-ethyl adjacent to an activating group) is 1. The third-order valence-corrected chi connectivity index (χ3v) is 3.20. The topological polar surface area (TPSA) is 33.5 Å². The van der Waals surface area contributed by atoms with Gasteiger partial charge >= 0.3 is 0 Å². The van der Waals surface area contributed by atoms with Crippen LogP contribution in [0.5, 0.6) is 0 Å². The second kappa shape index (κ2) is 6.99. The molecule has 1 amide bonds. The van der Waals surface area contributed by atoms with Crippen molar-refractivity contribution in [1.82, 2.24) is 0 Å². The number of hydrogen-bond acceptors (Lipinski definition) is 1. The average Bonchev–Trinajstić information content (AvgIpc) is 2.41. The average molecular weight is 287 g/mol. The largest absolute Gasteiger partial charge is 0.326 e.